The number of anilines is 1. The molecule has 4 heterocycles. The van der Waals surface area contributed by atoms with Crippen molar-refractivity contribution in [1.29, 1.82) is 0 Å². The molecule has 0 aromatic carbocycles. The van der Waals surface area contributed by atoms with Gasteiger partial charge in [-0.1, -0.05) is 10.4 Å². The number of aryl methyl sites for hydroxylation is 1. The summed E-state index contributed by atoms with van der Waals surface area (Å²) in [4.78, 5) is 8.78. The summed E-state index contributed by atoms with van der Waals surface area (Å²) in [5.74, 6) is 0.175. The minimum Gasteiger partial charge on any atom is -0.384 e. The molecule has 0 amide bonds. The fraction of sp³-hybridized carbons (Fsp3) is 0.438. The van der Waals surface area contributed by atoms with E-state index in [0.29, 0.717) is 5.69 Å². The van der Waals surface area contributed by atoms with E-state index in [-0.39, 0.29) is 29.1 Å². The molecule has 10 heteroatoms. The second kappa shape index (κ2) is 5.82. The maximum Gasteiger partial charge on any atom is 0.282 e. The Morgan fingerprint density at radius 1 is 1.23 bits per heavy atom. The van der Waals surface area contributed by atoms with Crippen LogP contribution in [0.15, 0.2) is 16.7 Å². The van der Waals surface area contributed by atoms with Gasteiger partial charge in [0.05, 0.1) is 17.4 Å². The standard InChI is InChI=1S/C16H15F2N7O/c17-14(18)13-12(22-24-25(13)8-3-4-8)16-21-15(23-26-16)11-6-5-9-10(20-11)2-1-7-19-9/h5-6,8,14,19H,1-4,7H2. The van der Waals surface area contributed by atoms with E-state index in [1.807, 2.05) is 6.07 Å². The monoisotopic (exact) mass is 359 g/mol. The number of aromatic nitrogens is 6. The molecule has 134 valence electrons. The molecule has 0 saturated heterocycles. The minimum absolute atomic E-state index is 0.0162. The Labute approximate surface area is 146 Å². The summed E-state index contributed by atoms with van der Waals surface area (Å²) in [5.41, 5.74) is 2.13. The van der Waals surface area contributed by atoms with Crippen molar-refractivity contribution >= 4 is 5.69 Å². The van der Waals surface area contributed by atoms with Gasteiger partial charge in [-0.25, -0.2) is 18.4 Å². The molecule has 2 aliphatic rings. The minimum atomic E-state index is -2.72. The van der Waals surface area contributed by atoms with Crippen LogP contribution in [0.1, 0.15) is 43.1 Å². The summed E-state index contributed by atoms with van der Waals surface area (Å²) in [6.45, 7) is 0.924. The quantitative estimate of drug-likeness (QED) is 0.765. The smallest absolute Gasteiger partial charge is 0.282 e. The average molecular weight is 359 g/mol. The number of hydrogen-bond donors (Lipinski definition) is 1. The van der Waals surface area contributed by atoms with Crippen molar-refractivity contribution in [3.8, 4) is 23.1 Å². The fourth-order valence-electron chi connectivity index (χ4n) is 3.13. The number of rotatable bonds is 4. The molecule has 0 bridgehead atoms. The van der Waals surface area contributed by atoms with E-state index in [1.54, 1.807) is 6.07 Å². The van der Waals surface area contributed by atoms with Gasteiger partial charge >= 0.3 is 0 Å². The predicted molar refractivity (Wildman–Crippen MR) is 86.6 cm³/mol. The zero-order valence-corrected chi connectivity index (χ0v) is 13.7. The van der Waals surface area contributed by atoms with Crippen molar-refractivity contribution < 1.29 is 13.3 Å². The Kier molecular flexibility index (Phi) is 3.44. The molecule has 1 N–H and O–H groups in total. The second-order valence-electron chi connectivity index (χ2n) is 6.44. The average Bonchev–Trinajstić information content (AvgIpc) is 3.21. The first-order chi connectivity index (χ1) is 12.7. The van der Waals surface area contributed by atoms with Crippen molar-refractivity contribution in [3.05, 3.63) is 23.5 Å². The Bertz CT molecular complexity index is 963. The summed E-state index contributed by atoms with van der Waals surface area (Å²) >= 11 is 0. The molecule has 1 saturated carbocycles. The largest absolute Gasteiger partial charge is 0.384 e. The highest BCUT2D eigenvalue weighted by atomic mass is 19.3. The topological polar surface area (TPSA) is 94.6 Å². The lowest BCUT2D eigenvalue weighted by Gasteiger charge is -2.16. The maximum atomic E-state index is 13.5. The summed E-state index contributed by atoms with van der Waals surface area (Å²) < 4.78 is 33.5. The van der Waals surface area contributed by atoms with Crippen molar-refractivity contribution in [3.63, 3.8) is 0 Å². The van der Waals surface area contributed by atoms with Crippen LogP contribution in [0.5, 0.6) is 0 Å². The molecule has 1 fully saturated rings. The highest BCUT2D eigenvalue weighted by molar-refractivity contribution is 5.60. The molecule has 1 aliphatic carbocycles. The van der Waals surface area contributed by atoms with Crippen LogP contribution in [-0.2, 0) is 6.42 Å². The van der Waals surface area contributed by atoms with Gasteiger partial charge in [-0.05, 0) is 37.8 Å². The van der Waals surface area contributed by atoms with Crippen LogP contribution in [0.3, 0.4) is 0 Å². The van der Waals surface area contributed by atoms with E-state index in [1.165, 1.54) is 4.68 Å². The van der Waals surface area contributed by atoms with Gasteiger partial charge in [0.25, 0.3) is 12.3 Å². The predicted octanol–water partition coefficient (Wildman–Crippen LogP) is 3.02. The second-order valence-corrected chi connectivity index (χ2v) is 6.44. The van der Waals surface area contributed by atoms with Gasteiger partial charge in [-0.15, -0.1) is 5.10 Å². The van der Waals surface area contributed by atoms with E-state index >= 15 is 0 Å². The lowest BCUT2D eigenvalue weighted by Crippen LogP contribution is -2.13. The molecule has 1 aliphatic heterocycles. The van der Waals surface area contributed by atoms with Crippen LogP contribution < -0.4 is 5.32 Å². The highest BCUT2D eigenvalue weighted by Crippen LogP contribution is 2.39. The maximum absolute atomic E-state index is 13.5. The van der Waals surface area contributed by atoms with Crippen LogP contribution >= 0.6 is 0 Å². The van der Waals surface area contributed by atoms with Gasteiger partial charge in [-0.3, -0.25) is 0 Å². The molecule has 26 heavy (non-hydrogen) atoms. The van der Waals surface area contributed by atoms with Crippen LogP contribution in [0, 0.1) is 0 Å². The van der Waals surface area contributed by atoms with Crippen molar-refractivity contribution in [1.82, 2.24) is 30.1 Å². The van der Waals surface area contributed by atoms with Crippen molar-refractivity contribution in [2.24, 2.45) is 0 Å². The zero-order valence-electron chi connectivity index (χ0n) is 13.7. The first-order valence-corrected chi connectivity index (χ1v) is 8.52. The summed E-state index contributed by atoms with van der Waals surface area (Å²) in [5, 5.41) is 14.9. The number of alkyl halides is 2. The summed E-state index contributed by atoms with van der Waals surface area (Å²) in [6, 6.07) is 3.68. The van der Waals surface area contributed by atoms with Crippen LogP contribution in [0.25, 0.3) is 23.1 Å². The first kappa shape index (κ1) is 15.4. The lowest BCUT2D eigenvalue weighted by molar-refractivity contribution is 0.139. The van der Waals surface area contributed by atoms with Crippen LogP contribution in [-0.4, -0.2) is 36.7 Å². The fourth-order valence-corrected chi connectivity index (χ4v) is 3.13. The number of nitrogens with zero attached hydrogens (tertiary/aromatic N) is 6. The van der Waals surface area contributed by atoms with Gasteiger partial charge in [-0.2, -0.15) is 4.98 Å². The summed E-state index contributed by atoms with van der Waals surface area (Å²) in [7, 11) is 0. The highest BCUT2D eigenvalue weighted by Gasteiger charge is 2.34. The molecule has 3 aromatic heterocycles. The zero-order chi connectivity index (χ0) is 17.7. The molecule has 5 rings (SSSR count). The molecule has 0 atom stereocenters. The summed E-state index contributed by atoms with van der Waals surface area (Å²) in [6.07, 6.45) is 0.800. The van der Waals surface area contributed by atoms with E-state index in [4.69, 9.17) is 4.52 Å². The molecule has 3 aromatic rings. The van der Waals surface area contributed by atoms with E-state index in [9.17, 15) is 8.78 Å². The van der Waals surface area contributed by atoms with E-state index < -0.39 is 6.43 Å². The molecular formula is C16H15F2N7O. The number of hydrogen-bond acceptors (Lipinski definition) is 7. The first-order valence-electron chi connectivity index (χ1n) is 8.52. The Balaban J connectivity index is 1.51. The van der Waals surface area contributed by atoms with Crippen molar-refractivity contribution in [2.45, 2.75) is 38.2 Å². The lowest BCUT2D eigenvalue weighted by atomic mass is 10.1. The third-order valence-electron chi connectivity index (χ3n) is 4.57. The molecule has 0 unspecified atom stereocenters. The number of halogens is 2. The van der Waals surface area contributed by atoms with Crippen LogP contribution in [0.2, 0.25) is 0 Å². The van der Waals surface area contributed by atoms with Gasteiger partial charge in [0, 0.05) is 6.54 Å². The van der Waals surface area contributed by atoms with Gasteiger partial charge in [0.15, 0.2) is 5.69 Å². The number of fused-ring (bicyclic) bond motifs is 1. The SMILES string of the molecule is FC(F)c1c(-c2nc(-c3ccc4c(n3)CCCN4)no2)nnn1C1CC1. The number of pyridine rings is 1. The van der Waals surface area contributed by atoms with Gasteiger partial charge < -0.3 is 9.84 Å². The molecule has 8 nitrogen and oxygen atoms in total. The molecule has 0 spiro atoms. The molecule has 0 radical (unpaired) electrons. The van der Waals surface area contributed by atoms with Crippen LogP contribution in [0.4, 0.5) is 14.5 Å². The van der Waals surface area contributed by atoms with Crippen molar-refractivity contribution in [2.75, 3.05) is 11.9 Å². The van der Waals surface area contributed by atoms with E-state index in [0.717, 1.165) is 43.6 Å². The number of nitrogens with one attached hydrogen (secondary N) is 1. The normalized spacial score (nSPS) is 16.6. The Morgan fingerprint density at radius 2 is 2.12 bits per heavy atom. The third-order valence-corrected chi connectivity index (χ3v) is 4.57. The Hall–Kier alpha value is -2.91. The van der Waals surface area contributed by atoms with Gasteiger partial charge in [0.1, 0.15) is 11.4 Å². The Morgan fingerprint density at radius 3 is 2.92 bits per heavy atom. The molecular weight excluding hydrogens is 344 g/mol. The van der Waals surface area contributed by atoms with E-state index in [2.05, 4.69) is 30.8 Å². The van der Waals surface area contributed by atoms with Gasteiger partial charge in [0.2, 0.25) is 5.82 Å². The third kappa shape index (κ3) is 2.52.